The Balaban J connectivity index is 1.53. The van der Waals surface area contributed by atoms with E-state index in [1.54, 1.807) is 0 Å². The van der Waals surface area contributed by atoms with E-state index in [1.165, 1.54) is 0 Å². The highest BCUT2D eigenvalue weighted by atomic mass is 16.5. The fourth-order valence-corrected chi connectivity index (χ4v) is 3.93. The summed E-state index contributed by atoms with van der Waals surface area (Å²) in [5, 5.41) is 0. The van der Waals surface area contributed by atoms with Crippen LogP contribution in [-0.2, 0) is 6.54 Å². The number of aromatic nitrogens is 3. The topological polar surface area (TPSA) is 60.2 Å². The highest BCUT2D eigenvalue weighted by Crippen LogP contribution is 2.30. The number of aryl methyl sites for hydroxylation is 1. The number of hydrogen-bond acceptors (Lipinski definition) is 4. The van der Waals surface area contributed by atoms with Crippen LogP contribution >= 0.6 is 0 Å². The van der Waals surface area contributed by atoms with E-state index in [0.29, 0.717) is 18.7 Å². The second-order valence-corrected chi connectivity index (χ2v) is 7.16. The van der Waals surface area contributed by atoms with E-state index in [2.05, 4.69) is 16.5 Å². The molecule has 1 aliphatic rings. The van der Waals surface area contributed by atoms with Crippen LogP contribution < -0.4 is 4.74 Å². The van der Waals surface area contributed by atoms with Gasteiger partial charge in [0.2, 0.25) is 0 Å². The molecule has 1 saturated heterocycles. The molecule has 6 heteroatoms. The first-order valence-corrected chi connectivity index (χ1v) is 10.0. The highest BCUT2D eigenvalue weighted by Gasteiger charge is 2.31. The molecule has 0 unspecified atom stereocenters. The molecule has 3 heterocycles. The van der Waals surface area contributed by atoms with Gasteiger partial charge in [-0.05, 0) is 56.2 Å². The first kappa shape index (κ1) is 18.5. The summed E-state index contributed by atoms with van der Waals surface area (Å²) >= 11 is 0. The summed E-state index contributed by atoms with van der Waals surface area (Å²) in [6.45, 7) is 7.07. The Bertz CT molecular complexity index is 964. The molecule has 3 aromatic rings. The smallest absolute Gasteiger partial charge is 0.253 e. The number of carbonyl (C=O) groups is 1. The van der Waals surface area contributed by atoms with Crippen LogP contribution in [0.2, 0.25) is 0 Å². The molecule has 1 aromatic carbocycles. The van der Waals surface area contributed by atoms with Gasteiger partial charge in [-0.1, -0.05) is 6.92 Å². The summed E-state index contributed by atoms with van der Waals surface area (Å²) in [6.07, 6.45) is 3.77. The first-order valence-electron chi connectivity index (χ1n) is 10.0. The number of likely N-dealkylation sites (tertiary alicyclic amines) is 1. The zero-order valence-electron chi connectivity index (χ0n) is 16.5. The average Bonchev–Trinajstić information content (AvgIpc) is 3.34. The Morgan fingerprint density at radius 3 is 2.79 bits per heavy atom. The number of ether oxygens (including phenoxy) is 1. The molecule has 1 amide bonds. The van der Waals surface area contributed by atoms with E-state index in [0.717, 1.165) is 48.7 Å². The van der Waals surface area contributed by atoms with Crippen LogP contribution in [0, 0.1) is 0 Å². The van der Waals surface area contributed by atoms with Crippen LogP contribution in [0.25, 0.3) is 11.2 Å². The zero-order chi connectivity index (χ0) is 19.5. The van der Waals surface area contributed by atoms with Crippen molar-refractivity contribution in [1.29, 1.82) is 0 Å². The van der Waals surface area contributed by atoms with Crippen LogP contribution in [0.1, 0.15) is 48.8 Å². The molecule has 146 valence electrons. The van der Waals surface area contributed by atoms with Gasteiger partial charge < -0.3 is 14.2 Å². The first-order chi connectivity index (χ1) is 13.7. The fourth-order valence-electron chi connectivity index (χ4n) is 3.93. The van der Waals surface area contributed by atoms with Crippen LogP contribution in [-0.4, -0.2) is 45.0 Å². The summed E-state index contributed by atoms with van der Waals surface area (Å²) in [5.41, 5.74) is 2.57. The second kappa shape index (κ2) is 8.00. The molecule has 0 saturated carbocycles. The molecule has 0 N–H and O–H groups in total. The summed E-state index contributed by atoms with van der Waals surface area (Å²) in [6, 6.07) is 11.3. The van der Waals surface area contributed by atoms with E-state index < -0.39 is 0 Å². The molecule has 0 radical (unpaired) electrons. The molecule has 1 aliphatic heterocycles. The van der Waals surface area contributed by atoms with Crippen molar-refractivity contribution < 1.29 is 9.53 Å². The maximum absolute atomic E-state index is 12.9. The SMILES string of the molecule is CCCn1c([C@H]2CCN(C(=O)c3ccc(OCC)cc3)C2)nc2cccnc21. The standard InChI is InChI=1S/C22H26N4O2/c1-3-13-26-20(24-19-6-5-12-23-21(19)26)17-11-14-25(15-17)22(27)16-7-9-18(10-8-16)28-4-2/h5-10,12,17H,3-4,11,13-15H2,1-2H3/t17-/m0/s1. The quantitative estimate of drug-likeness (QED) is 0.653. The molecule has 2 aromatic heterocycles. The lowest BCUT2D eigenvalue weighted by molar-refractivity contribution is 0.0790. The van der Waals surface area contributed by atoms with Gasteiger partial charge in [-0.15, -0.1) is 0 Å². The second-order valence-electron chi connectivity index (χ2n) is 7.16. The van der Waals surface area contributed by atoms with Crippen molar-refractivity contribution in [3.05, 3.63) is 54.0 Å². The van der Waals surface area contributed by atoms with E-state index in [-0.39, 0.29) is 11.8 Å². The van der Waals surface area contributed by atoms with Gasteiger partial charge in [-0.3, -0.25) is 4.79 Å². The Kier molecular flexibility index (Phi) is 5.28. The van der Waals surface area contributed by atoms with Crippen molar-refractivity contribution in [2.75, 3.05) is 19.7 Å². The van der Waals surface area contributed by atoms with Crippen molar-refractivity contribution in [1.82, 2.24) is 19.4 Å². The molecule has 0 bridgehead atoms. The average molecular weight is 378 g/mol. The molecule has 4 rings (SSSR count). The summed E-state index contributed by atoms with van der Waals surface area (Å²) in [7, 11) is 0. The Morgan fingerprint density at radius 1 is 1.21 bits per heavy atom. The third-order valence-corrected chi connectivity index (χ3v) is 5.23. The van der Waals surface area contributed by atoms with Gasteiger partial charge in [0.15, 0.2) is 5.65 Å². The monoisotopic (exact) mass is 378 g/mol. The van der Waals surface area contributed by atoms with Gasteiger partial charge in [0.1, 0.15) is 17.1 Å². The van der Waals surface area contributed by atoms with E-state index in [9.17, 15) is 4.79 Å². The van der Waals surface area contributed by atoms with Gasteiger partial charge in [-0.2, -0.15) is 0 Å². The normalized spacial score (nSPS) is 16.6. The Morgan fingerprint density at radius 2 is 2.04 bits per heavy atom. The van der Waals surface area contributed by atoms with Crippen LogP contribution in [0.15, 0.2) is 42.6 Å². The highest BCUT2D eigenvalue weighted by molar-refractivity contribution is 5.94. The van der Waals surface area contributed by atoms with Gasteiger partial charge in [-0.25, -0.2) is 9.97 Å². The number of imidazole rings is 1. The fraction of sp³-hybridized carbons (Fsp3) is 0.409. The minimum atomic E-state index is 0.0711. The largest absolute Gasteiger partial charge is 0.494 e. The van der Waals surface area contributed by atoms with Crippen molar-refractivity contribution in [3.8, 4) is 5.75 Å². The van der Waals surface area contributed by atoms with Crippen molar-refractivity contribution >= 4 is 17.1 Å². The van der Waals surface area contributed by atoms with Gasteiger partial charge in [0, 0.05) is 37.3 Å². The van der Waals surface area contributed by atoms with Crippen molar-refractivity contribution in [2.45, 2.75) is 39.2 Å². The van der Waals surface area contributed by atoms with Crippen LogP contribution in [0.4, 0.5) is 0 Å². The molecular weight excluding hydrogens is 352 g/mol. The number of rotatable bonds is 6. The molecule has 28 heavy (non-hydrogen) atoms. The third kappa shape index (κ3) is 3.46. The Labute approximate surface area is 165 Å². The number of carbonyl (C=O) groups excluding carboxylic acids is 1. The maximum atomic E-state index is 12.9. The zero-order valence-corrected chi connectivity index (χ0v) is 16.5. The van der Waals surface area contributed by atoms with Crippen molar-refractivity contribution in [3.63, 3.8) is 0 Å². The molecule has 0 aliphatic carbocycles. The summed E-state index contributed by atoms with van der Waals surface area (Å²) in [5.74, 6) is 2.16. The lowest BCUT2D eigenvalue weighted by atomic mass is 10.1. The number of amides is 1. The van der Waals surface area contributed by atoms with Gasteiger partial charge in [0.25, 0.3) is 5.91 Å². The summed E-state index contributed by atoms with van der Waals surface area (Å²) in [4.78, 5) is 24.2. The van der Waals surface area contributed by atoms with Crippen LogP contribution in [0.3, 0.4) is 0 Å². The van der Waals surface area contributed by atoms with E-state index in [4.69, 9.17) is 9.72 Å². The summed E-state index contributed by atoms with van der Waals surface area (Å²) < 4.78 is 7.69. The van der Waals surface area contributed by atoms with Crippen molar-refractivity contribution in [2.24, 2.45) is 0 Å². The molecule has 1 fully saturated rings. The minimum absolute atomic E-state index is 0.0711. The van der Waals surface area contributed by atoms with Crippen LogP contribution in [0.5, 0.6) is 5.75 Å². The molecule has 6 nitrogen and oxygen atoms in total. The maximum Gasteiger partial charge on any atom is 0.253 e. The van der Waals surface area contributed by atoms with Gasteiger partial charge >= 0.3 is 0 Å². The minimum Gasteiger partial charge on any atom is -0.494 e. The van der Waals surface area contributed by atoms with E-state index in [1.807, 2.05) is 54.4 Å². The number of benzene rings is 1. The molecule has 1 atom stereocenters. The lowest BCUT2D eigenvalue weighted by Crippen LogP contribution is -2.28. The van der Waals surface area contributed by atoms with E-state index >= 15 is 0 Å². The molecule has 0 spiro atoms. The third-order valence-electron chi connectivity index (χ3n) is 5.23. The van der Waals surface area contributed by atoms with Gasteiger partial charge in [0.05, 0.1) is 6.61 Å². The number of nitrogens with zero attached hydrogens (tertiary/aromatic N) is 4. The predicted octanol–water partition coefficient (Wildman–Crippen LogP) is 3.87. The molecular formula is C22H26N4O2. The lowest BCUT2D eigenvalue weighted by Gasteiger charge is -2.17. The number of hydrogen-bond donors (Lipinski definition) is 0. The Hall–Kier alpha value is -2.89. The number of pyridine rings is 1. The number of fused-ring (bicyclic) bond motifs is 1. The predicted molar refractivity (Wildman–Crippen MR) is 109 cm³/mol.